The van der Waals surface area contributed by atoms with E-state index in [-0.39, 0.29) is 0 Å². The highest BCUT2D eigenvalue weighted by Crippen LogP contribution is 2.33. The van der Waals surface area contributed by atoms with Crippen LogP contribution < -0.4 is 10.1 Å². The molecule has 0 spiro atoms. The van der Waals surface area contributed by atoms with Crippen LogP contribution in [0.1, 0.15) is 52.4 Å². The zero-order valence-electron chi connectivity index (χ0n) is 13.1. The number of aromatic nitrogens is 2. The summed E-state index contributed by atoms with van der Waals surface area (Å²) in [6, 6.07) is 1.79. The van der Waals surface area contributed by atoms with E-state index in [0.717, 1.165) is 38.0 Å². The van der Waals surface area contributed by atoms with E-state index in [2.05, 4.69) is 29.1 Å². The van der Waals surface area contributed by atoms with Crippen molar-refractivity contribution < 1.29 is 9.84 Å². The van der Waals surface area contributed by atoms with Crippen LogP contribution >= 0.6 is 0 Å². The molecule has 0 aliphatic heterocycles. The number of nitrogens with zero attached hydrogens (tertiary/aromatic N) is 2. The Hall–Kier alpha value is -1.36. The molecule has 21 heavy (non-hydrogen) atoms. The van der Waals surface area contributed by atoms with E-state index >= 15 is 0 Å². The monoisotopic (exact) mass is 293 g/mol. The van der Waals surface area contributed by atoms with E-state index in [9.17, 15) is 5.11 Å². The van der Waals surface area contributed by atoms with Crippen LogP contribution in [0.3, 0.4) is 0 Å². The van der Waals surface area contributed by atoms with Crippen LogP contribution in [0.4, 0.5) is 5.82 Å². The first kappa shape index (κ1) is 16.0. The Morgan fingerprint density at radius 1 is 1.33 bits per heavy atom. The standard InChI is InChI=1S/C16H27N3O2/c1-3-9-21-15-10-14(18-12-19-15)17-11-16(20)7-5-13(4-2)6-8-16/h10,12-13,20H,3-9,11H2,1-2H3,(H,17,18,19). The highest BCUT2D eigenvalue weighted by Gasteiger charge is 2.32. The average Bonchev–Trinajstić information content (AvgIpc) is 2.52. The van der Waals surface area contributed by atoms with Gasteiger partial charge < -0.3 is 15.2 Å². The first-order valence-electron chi connectivity index (χ1n) is 8.06. The second-order valence-corrected chi connectivity index (χ2v) is 6.02. The van der Waals surface area contributed by atoms with Crippen molar-refractivity contribution in [2.75, 3.05) is 18.5 Å². The number of nitrogens with one attached hydrogen (secondary N) is 1. The summed E-state index contributed by atoms with van der Waals surface area (Å²) in [5.74, 6) is 2.07. The molecule has 1 aliphatic rings. The fraction of sp³-hybridized carbons (Fsp3) is 0.750. The van der Waals surface area contributed by atoms with E-state index in [1.54, 1.807) is 6.07 Å². The van der Waals surface area contributed by atoms with Gasteiger partial charge in [-0.1, -0.05) is 20.3 Å². The summed E-state index contributed by atoms with van der Waals surface area (Å²) in [6.45, 7) is 5.47. The third kappa shape index (κ3) is 4.84. The molecule has 1 heterocycles. The van der Waals surface area contributed by atoms with Gasteiger partial charge in [-0.25, -0.2) is 9.97 Å². The molecule has 0 bridgehead atoms. The van der Waals surface area contributed by atoms with Gasteiger partial charge >= 0.3 is 0 Å². The van der Waals surface area contributed by atoms with Gasteiger partial charge in [-0.3, -0.25) is 0 Å². The summed E-state index contributed by atoms with van der Waals surface area (Å²) in [5.41, 5.74) is -0.610. The second-order valence-electron chi connectivity index (χ2n) is 6.02. The molecule has 0 amide bonds. The molecule has 1 aromatic heterocycles. The van der Waals surface area contributed by atoms with Gasteiger partial charge in [-0.2, -0.15) is 0 Å². The Morgan fingerprint density at radius 3 is 2.76 bits per heavy atom. The summed E-state index contributed by atoms with van der Waals surface area (Å²) in [5, 5.41) is 13.8. The summed E-state index contributed by atoms with van der Waals surface area (Å²) < 4.78 is 5.49. The lowest BCUT2D eigenvalue weighted by molar-refractivity contribution is 0.00222. The zero-order chi connectivity index (χ0) is 15.1. The van der Waals surface area contributed by atoms with Gasteiger partial charge in [0.05, 0.1) is 12.2 Å². The number of ether oxygens (including phenoxy) is 1. The molecule has 118 valence electrons. The molecular formula is C16H27N3O2. The highest BCUT2D eigenvalue weighted by atomic mass is 16.5. The second kappa shape index (κ2) is 7.59. The summed E-state index contributed by atoms with van der Waals surface area (Å²) in [7, 11) is 0. The maximum atomic E-state index is 10.6. The number of rotatable bonds is 7. The quantitative estimate of drug-likeness (QED) is 0.809. The Labute approximate surface area is 127 Å². The van der Waals surface area contributed by atoms with Gasteiger partial charge in [0, 0.05) is 12.6 Å². The fourth-order valence-corrected chi connectivity index (χ4v) is 2.78. The zero-order valence-corrected chi connectivity index (χ0v) is 13.1. The van der Waals surface area contributed by atoms with Crippen molar-refractivity contribution in [3.63, 3.8) is 0 Å². The van der Waals surface area contributed by atoms with Crippen LogP contribution in [0.15, 0.2) is 12.4 Å². The Balaban J connectivity index is 1.85. The van der Waals surface area contributed by atoms with Gasteiger partial charge in [-0.15, -0.1) is 0 Å². The van der Waals surface area contributed by atoms with Crippen molar-refractivity contribution in [2.45, 2.75) is 58.0 Å². The predicted octanol–water partition coefficient (Wildman–Crippen LogP) is 3.01. The van der Waals surface area contributed by atoms with E-state index < -0.39 is 5.60 Å². The highest BCUT2D eigenvalue weighted by molar-refractivity contribution is 5.37. The van der Waals surface area contributed by atoms with Crippen LogP contribution in [-0.2, 0) is 0 Å². The summed E-state index contributed by atoms with van der Waals surface area (Å²) in [6.07, 6.45) is 7.61. The lowest BCUT2D eigenvalue weighted by atomic mass is 9.78. The normalized spacial score (nSPS) is 25.6. The van der Waals surface area contributed by atoms with Gasteiger partial charge in [0.25, 0.3) is 0 Å². The molecule has 0 aromatic carbocycles. The van der Waals surface area contributed by atoms with Crippen LogP contribution in [0.25, 0.3) is 0 Å². The van der Waals surface area contributed by atoms with E-state index in [4.69, 9.17) is 4.74 Å². The number of hydrogen-bond acceptors (Lipinski definition) is 5. The maximum Gasteiger partial charge on any atom is 0.218 e. The number of anilines is 1. The molecule has 5 heteroatoms. The topological polar surface area (TPSA) is 67.3 Å². The lowest BCUT2D eigenvalue weighted by Gasteiger charge is -2.36. The van der Waals surface area contributed by atoms with E-state index in [0.29, 0.717) is 24.8 Å². The van der Waals surface area contributed by atoms with Crippen molar-refractivity contribution in [3.8, 4) is 5.88 Å². The Bertz CT molecular complexity index is 431. The Kier molecular flexibility index (Phi) is 5.79. The molecule has 0 atom stereocenters. The molecule has 2 N–H and O–H groups in total. The molecule has 1 saturated carbocycles. The molecule has 0 unspecified atom stereocenters. The maximum absolute atomic E-state index is 10.6. The summed E-state index contributed by atoms with van der Waals surface area (Å²) in [4.78, 5) is 8.25. The lowest BCUT2D eigenvalue weighted by Crippen LogP contribution is -2.40. The van der Waals surface area contributed by atoms with Gasteiger partial charge in [0.15, 0.2) is 0 Å². The third-order valence-electron chi connectivity index (χ3n) is 4.31. The minimum absolute atomic E-state index is 0.535. The molecule has 0 saturated heterocycles. The predicted molar refractivity (Wildman–Crippen MR) is 83.5 cm³/mol. The van der Waals surface area contributed by atoms with Crippen molar-refractivity contribution in [1.82, 2.24) is 9.97 Å². The van der Waals surface area contributed by atoms with Gasteiger partial charge in [0.2, 0.25) is 5.88 Å². The first-order chi connectivity index (χ1) is 10.1. The Morgan fingerprint density at radius 2 is 2.10 bits per heavy atom. The van der Waals surface area contributed by atoms with E-state index in [1.165, 1.54) is 12.7 Å². The summed E-state index contributed by atoms with van der Waals surface area (Å²) >= 11 is 0. The van der Waals surface area contributed by atoms with Crippen molar-refractivity contribution in [3.05, 3.63) is 12.4 Å². The minimum atomic E-state index is -0.610. The number of aliphatic hydroxyl groups is 1. The average molecular weight is 293 g/mol. The third-order valence-corrected chi connectivity index (χ3v) is 4.31. The smallest absolute Gasteiger partial charge is 0.218 e. The molecule has 0 radical (unpaired) electrons. The van der Waals surface area contributed by atoms with Crippen molar-refractivity contribution >= 4 is 5.82 Å². The van der Waals surface area contributed by atoms with Crippen LogP contribution in [0.2, 0.25) is 0 Å². The van der Waals surface area contributed by atoms with Crippen molar-refractivity contribution in [2.24, 2.45) is 5.92 Å². The molecule has 1 aliphatic carbocycles. The SMILES string of the molecule is CCCOc1cc(NCC2(O)CCC(CC)CC2)ncn1. The molecule has 1 aromatic rings. The van der Waals surface area contributed by atoms with Crippen LogP contribution in [0.5, 0.6) is 5.88 Å². The molecule has 2 rings (SSSR count). The van der Waals surface area contributed by atoms with Gasteiger partial charge in [-0.05, 0) is 38.0 Å². The van der Waals surface area contributed by atoms with Crippen LogP contribution in [0, 0.1) is 5.92 Å². The largest absolute Gasteiger partial charge is 0.478 e. The first-order valence-corrected chi connectivity index (χ1v) is 8.06. The van der Waals surface area contributed by atoms with Gasteiger partial charge in [0.1, 0.15) is 12.1 Å². The molecule has 1 fully saturated rings. The molecule has 5 nitrogen and oxygen atoms in total. The minimum Gasteiger partial charge on any atom is -0.478 e. The molecular weight excluding hydrogens is 266 g/mol. The number of hydrogen-bond donors (Lipinski definition) is 2. The van der Waals surface area contributed by atoms with E-state index in [1.807, 2.05) is 0 Å². The van der Waals surface area contributed by atoms with Crippen molar-refractivity contribution in [1.29, 1.82) is 0 Å². The van der Waals surface area contributed by atoms with Crippen LogP contribution in [-0.4, -0.2) is 33.8 Å². The fourth-order valence-electron chi connectivity index (χ4n) is 2.78.